The minimum atomic E-state index is -1.83. The van der Waals surface area contributed by atoms with Gasteiger partial charge in [0.15, 0.2) is 0 Å². The predicted molar refractivity (Wildman–Crippen MR) is 149 cm³/mol. The number of benzene rings is 4. The molecule has 0 aromatic heterocycles. The number of hydrogen-bond acceptors (Lipinski definition) is 3. The van der Waals surface area contributed by atoms with Crippen LogP contribution in [-0.2, 0) is 13.3 Å². The van der Waals surface area contributed by atoms with Gasteiger partial charge in [-0.2, -0.15) is 0 Å². The molecule has 182 valence electrons. The van der Waals surface area contributed by atoms with Crippen molar-refractivity contribution in [1.82, 2.24) is 0 Å². The fraction of sp³-hybridized carbons (Fsp3) is 0.400. The second-order valence-corrected chi connectivity index (χ2v) is 10.3. The smallest absolute Gasteiger partial charge is 0.376 e. The first-order chi connectivity index (χ1) is 16.7. The molecule has 4 aromatic rings. The zero-order valence-electron chi connectivity index (χ0n) is 21.1. The quantitative estimate of drug-likeness (QED) is 0.117. The van der Waals surface area contributed by atoms with E-state index in [-0.39, 0.29) is 0 Å². The molecule has 0 unspecified atom stereocenters. The average Bonchev–Trinajstić information content (AvgIpc) is 2.86. The first-order valence-corrected chi connectivity index (χ1v) is 14.3. The summed E-state index contributed by atoms with van der Waals surface area (Å²) in [6.45, 7) is 8.84. The molecule has 0 aliphatic carbocycles. The van der Waals surface area contributed by atoms with Gasteiger partial charge < -0.3 is 13.3 Å². The Morgan fingerprint density at radius 3 is 1.03 bits per heavy atom. The maximum absolute atomic E-state index is 5.67. The molecule has 0 radical (unpaired) electrons. The first-order valence-electron chi connectivity index (χ1n) is 12.9. The van der Waals surface area contributed by atoms with Gasteiger partial charge in [-0.3, -0.25) is 0 Å². The van der Waals surface area contributed by atoms with Crippen LogP contribution in [0.1, 0.15) is 59.3 Å². The van der Waals surface area contributed by atoms with Gasteiger partial charge in [0, 0.05) is 19.8 Å². The van der Waals surface area contributed by atoms with Crippen LogP contribution in [-0.4, -0.2) is 29.3 Å². The Morgan fingerprint density at radius 1 is 0.471 bits per heavy atom. The Kier molecular flexibility index (Phi) is 11.6. The van der Waals surface area contributed by atoms with Crippen molar-refractivity contribution in [2.24, 2.45) is 0 Å². The van der Waals surface area contributed by atoms with E-state index in [9.17, 15) is 0 Å². The maximum atomic E-state index is 5.67. The van der Waals surface area contributed by atoms with Gasteiger partial charge in [-0.15, -0.1) is 0 Å². The van der Waals surface area contributed by atoms with E-state index < -0.39 is 9.53 Å². The van der Waals surface area contributed by atoms with Gasteiger partial charge in [0.2, 0.25) is 0 Å². The molecule has 0 aliphatic heterocycles. The molecule has 0 saturated carbocycles. The molecule has 0 saturated heterocycles. The fourth-order valence-electron chi connectivity index (χ4n) is 3.75. The third-order valence-electron chi connectivity index (χ3n) is 5.82. The summed E-state index contributed by atoms with van der Waals surface area (Å²) in [5, 5.41) is 7.85. The molecular formula is C30H40O3Si. The van der Waals surface area contributed by atoms with Crippen molar-refractivity contribution in [2.45, 2.75) is 59.3 Å². The third kappa shape index (κ3) is 8.21. The minimum Gasteiger partial charge on any atom is -0.376 e. The van der Waals surface area contributed by atoms with Crippen molar-refractivity contribution in [3.05, 3.63) is 72.8 Å². The van der Waals surface area contributed by atoms with E-state index in [0.29, 0.717) is 0 Å². The molecule has 34 heavy (non-hydrogen) atoms. The molecular weight excluding hydrogens is 436 g/mol. The van der Waals surface area contributed by atoms with Gasteiger partial charge in [-0.25, -0.2) is 0 Å². The summed E-state index contributed by atoms with van der Waals surface area (Å²) >= 11 is 0. The van der Waals surface area contributed by atoms with Gasteiger partial charge in [0.25, 0.3) is 0 Å². The first kappa shape index (κ1) is 26.4. The molecule has 0 amide bonds. The Bertz CT molecular complexity index is 960. The molecule has 0 heterocycles. The zero-order chi connectivity index (χ0) is 24.0. The lowest BCUT2D eigenvalue weighted by molar-refractivity contribution is 0.0899. The Labute approximate surface area is 207 Å². The standard InChI is InChI=1S/C18H12.C12H28O3Si/c1-2-6-14-10-18-12-16-8-4-3-7-15(16)11-17(18)9-13(14)5-1;1-4-7-10-13-16(14-11-8-5-2)15-12-9-6-3/h1-12H;16H,4-12H2,1-3H3. The summed E-state index contributed by atoms with van der Waals surface area (Å²) in [6, 6.07) is 26.2. The van der Waals surface area contributed by atoms with E-state index in [0.717, 1.165) is 58.3 Å². The Hall–Kier alpha value is -2.24. The highest BCUT2D eigenvalue weighted by Gasteiger charge is 2.14. The summed E-state index contributed by atoms with van der Waals surface area (Å²) in [5.41, 5.74) is 0. The predicted octanol–water partition coefficient (Wildman–Crippen LogP) is 8.30. The second-order valence-electron chi connectivity index (χ2n) is 8.71. The van der Waals surface area contributed by atoms with Crippen LogP contribution in [0, 0.1) is 0 Å². The normalized spacial score (nSPS) is 11.3. The van der Waals surface area contributed by atoms with E-state index >= 15 is 0 Å². The van der Waals surface area contributed by atoms with Gasteiger partial charge in [-0.1, -0.05) is 88.6 Å². The van der Waals surface area contributed by atoms with Gasteiger partial charge in [0.05, 0.1) is 0 Å². The lowest BCUT2D eigenvalue weighted by Gasteiger charge is -2.16. The number of fused-ring (bicyclic) bond motifs is 3. The summed E-state index contributed by atoms with van der Waals surface area (Å²) < 4.78 is 17.0. The van der Waals surface area contributed by atoms with Gasteiger partial charge in [0.1, 0.15) is 0 Å². The van der Waals surface area contributed by atoms with Crippen LogP contribution in [0.25, 0.3) is 32.3 Å². The molecule has 0 fully saturated rings. The minimum absolute atomic E-state index is 0.783. The second kappa shape index (κ2) is 14.9. The number of rotatable bonds is 12. The summed E-state index contributed by atoms with van der Waals surface area (Å²) in [6.07, 6.45) is 6.76. The molecule has 0 atom stereocenters. The molecule has 4 rings (SSSR count). The van der Waals surface area contributed by atoms with Crippen LogP contribution >= 0.6 is 0 Å². The van der Waals surface area contributed by atoms with Crippen molar-refractivity contribution < 1.29 is 13.3 Å². The molecule has 0 bridgehead atoms. The van der Waals surface area contributed by atoms with E-state index in [4.69, 9.17) is 13.3 Å². The van der Waals surface area contributed by atoms with E-state index in [1.165, 1.54) is 32.3 Å². The van der Waals surface area contributed by atoms with Crippen LogP contribution in [0.3, 0.4) is 0 Å². The van der Waals surface area contributed by atoms with E-state index in [2.05, 4.69) is 93.6 Å². The monoisotopic (exact) mass is 476 g/mol. The summed E-state index contributed by atoms with van der Waals surface area (Å²) in [5.74, 6) is 0. The topological polar surface area (TPSA) is 27.7 Å². The summed E-state index contributed by atoms with van der Waals surface area (Å²) in [4.78, 5) is 0. The van der Waals surface area contributed by atoms with Crippen LogP contribution in [0.15, 0.2) is 72.8 Å². The molecule has 4 heteroatoms. The third-order valence-corrected chi connectivity index (χ3v) is 7.35. The van der Waals surface area contributed by atoms with Crippen LogP contribution in [0.5, 0.6) is 0 Å². The molecule has 0 spiro atoms. The van der Waals surface area contributed by atoms with E-state index in [1.807, 2.05) is 0 Å². The van der Waals surface area contributed by atoms with Crippen molar-refractivity contribution in [3.63, 3.8) is 0 Å². The summed E-state index contributed by atoms with van der Waals surface area (Å²) in [7, 11) is -1.83. The largest absolute Gasteiger partial charge is 0.484 e. The molecule has 0 aliphatic rings. The molecule has 0 N–H and O–H groups in total. The van der Waals surface area contributed by atoms with Gasteiger partial charge in [-0.05, 0) is 75.8 Å². The Balaban J connectivity index is 0.000000193. The van der Waals surface area contributed by atoms with Crippen molar-refractivity contribution in [1.29, 1.82) is 0 Å². The highest BCUT2D eigenvalue weighted by Crippen LogP contribution is 2.27. The van der Waals surface area contributed by atoms with Crippen molar-refractivity contribution >= 4 is 41.8 Å². The maximum Gasteiger partial charge on any atom is 0.484 e. The van der Waals surface area contributed by atoms with E-state index in [1.54, 1.807) is 0 Å². The zero-order valence-corrected chi connectivity index (χ0v) is 22.2. The fourth-order valence-corrected chi connectivity index (χ4v) is 5.12. The molecule has 3 nitrogen and oxygen atoms in total. The highest BCUT2D eigenvalue weighted by molar-refractivity contribution is 6.36. The highest BCUT2D eigenvalue weighted by atomic mass is 28.3. The Morgan fingerprint density at radius 2 is 0.765 bits per heavy atom. The average molecular weight is 477 g/mol. The van der Waals surface area contributed by atoms with Crippen LogP contribution in [0.2, 0.25) is 0 Å². The van der Waals surface area contributed by atoms with Crippen LogP contribution < -0.4 is 0 Å². The SMILES string of the molecule is CCCCO[SiH](OCCCC)OCCCC.c1ccc2cc3cc4ccccc4cc3cc2c1. The van der Waals surface area contributed by atoms with Crippen LogP contribution in [0.4, 0.5) is 0 Å². The molecule has 4 aromatic carbocycles. The lowest BCUT2D eigenvalue weighted by atomic mass is 10.00. The van der Waals surface area contributed by atoms with Crippen molar-refractivity contribution in [2.75, 3.05) is 19.8 Å². The van der Waals surface area contributed by atoms with Crippen molar-refractivity contribution in [3.8, 4) is 0 Å². The lowest BCUT2D eigenvalue weighted by Crippen LogP contribution is -2.28. The van der Waals surface area contributed by atoms with Gasteiger partial charge >= 0.3 is 9.53 Å². The number of unbranched alkanes of at least 4 members (excludes halogenated alkanes) is 3. The number of hydrogen-bond donors (Lipinski definition) is 0.